The first-order valence-corrected chi connectivity index (χ1v) is 14.6. The van der Waals surface area contributed by atoms with Crippen molar-refractivity contribution in [3.05, 3.63) is 23.8 Å². The van der Waals surface area contributed by atoms with Crippen molar-refractivity contribution in [2.75, 3.05) is 6.61 Å². The lowest BCUT2D eigenvalue weighted by atomic mass is 9.43. The molecule has 4 aliphatic carbocycles. The first kappa shape index (κ1) is 26.8. The molecule has 8 aliphatic rings. The van der Waals surface area contributed by atoms with Crippen LogP contribution in [0.25, 0.3) is 0 Å². The number of carbonyl (C=O) groups is 3. The Morgan fingerprint density at radius 2 is 1.98 bits per heavy atom. The summed E-state index contributed by atoms with van der Waals surface area (Å²) in [5.41, 5.74) is -2.53. The second-order valence-corrected chi connectivity index (χ2v) is 13.4. The van der Waals surface area contributed by atoms with Crippen LogP contribution < -0.4 is 0 Å². The molecule has 0 spiro atoms. The van der Waals surface area contributed by atoms with Gasteiger partial charge in [-0.25, -0.2) is 4.79 Å². The Kier molecular flexibility index (Phi) is 5.67. The van der Waals surface area contributed by atoms with Crippen LogP contribution in [0.15, 0.2) is 23.8 Å². The SMILES string of the molecule is CC=CC(=O)OC1C2OC3(OCC45CC6C(C)CCC6C6(C=O)CC4C=C(C(C)C)C65C(=O)O)OC2OC1C3O. The molecule has 0 aromatic heterocycles. The van der Waals surface area contributed by atoms with Gasteiger partial charge < -0.3 is 34.0 Å². The predicted molar refractivity (Wildman–Crippen MR) is 136 cm³/mol. The van der Waals surface area contributed by atoms with Gasteiger partial charge in [-0.05, 0) is 55.8 Å². The number of fused-ring (bicyclic) bond motifs is 2. The highest BCUT2D eigenvalue weighted by Gasteiger charge is 2.85. The third-order valence-electron chi connectivity index (χ3n) is 11.7. The lowest BCUT2D eigenvalue weighted by Gasteiger charge is -2.58. The second kappa shape index (κ2) is 8.47. The van der Waals surface area contributed by atoms with Crippen molar-refractivity contribution in [1.29, 1.82) is 0 Å². The molecule has 218 valence electrons. The molecule has 10 heteroatoms. The molecule has 4 saturated heterocycles. The quantitative estimate of drug-likeness (QED) is 0.198. The maximum absolute atomic E-state index is 13.6. The Morgan fingerprint density at radius 1 is 1.20 bits per heavy atom. The Labute approximate surface area is 233 Å². The topological polar surface area (TPSA) is 138 Å². The van der Waals surface area contributed by atoms with Crippen LogP contribution in [0.3, 0.4) is 0 Å². The van der Waals surface area contributed by atoms with Gasteiger partial charge in [0.15, 0.2) is 24.6 Å². The molecule has 13 atom stereocenters. The highest BCUT2D eigenvalue weighted by atomic mass is 17.0. The van der Waals surface area contributed by atoms with E-state index in [0.717, 1.165) is 24.7 Å². The summed E-state index contributed by atoms with van der Waals surface area (Å²) in [7, 11) is 0. The van der Waals surface area contributed by atoms with E-state index in [1.165, 1.54) is 6.08 Å². The molecule has 40 heavy (non-hydrogen) atoms. The van der Waals surface area contributed by atoms with Crippen molar-refractivity contribution in [3.8, 4) is 0 Å². The third-order valence-corrected chi connectivity index (χ3v) is 11.7. The number of carbonyl (C=O) groups excluding carboxylic acids is 2. The number of rotatable bonds is 8. The van der Waals surface area contributed by atoms with Crippen LogP contribution in [-0.2, 0) is 38.1 Å². The predicted octanol–water partition coefficient (Wildman–Crippen LogP) is 2.58. The number of aldehydes is 1. The van der Waals surface area contributed by atoms with Crippen LogP contribution in [-0.4, -0.2) is 71.7 Å². The van der Waals surface area contributed by atoms with Crippen LogP contribution in [0.5, 0.6) is 0 Å². The van der Waals surface area contributed by atoms with Gasteiger partial charge in [-0.2, -0.15) is 0 Å². The second-order valence-electron chi connectivity index (χ2n) is 13.4. The van der Waals surface area contributed by atoms with E-state index >= 15 is 0 Å². The normalized spacial score (nSPS) is 53.0. The fraction of sp³-hybridized carbons (Fsp3) is 0.767. The van der Waals surface area contributed by atoms with Crippen molar-refractivity contribution in [3.63, 3.8) is 0 Å². The molecule has 8 rings (SSSR count). The molecule has 8 bridgehead atoms. The Bertz CT molecular complexity index is 1210. The van der Waals surface area contributed by atoms with E-state index in [1.807, 2.05) is 13.8 Å². The van der Waals surface area contributed by atoms with E-state index in [9.17, 15) is 24.6 Å². The minimum absolute atomic E-state index is 0.00660. The number of hydrogen-bond donors (Lipinski definition) is 2. The lowest BCUT2D eigenvalue weighted by Crippen LogP contribution is -2.66. The largest absolute Gasteiger partial charge is 0.481 e. The van der Waals surface area contributed by atoms with Crippen molar-refractivity contribution in [2.45, 2.75) is 90.1 Å². The van der Waals surface area contributed by atoms with Crippen LogP contribution in [0, 0.1) is 45.8 Å². The minimum atomic E-state index is -1.88. The molecule has 0 radical (unpaired) electrons. The maximum Gasteiger partial charge on any atom is 0.330 e. The summed E-state index contributed by atoms with van der Waals surface area (Å²) >= 11 is 0. The zero-order valence-corrected chi connectivity index (χ0v) is 23.3. The molecule has 4 aliphatic heterocycles. The number of hydrogen-bond acceptors (Lipinski definition) is 9. The Hall–Kier alpha value is -2.11. The zero-order valence-electron chi connectivity index (χ0n) is 23.3. The highest BCUT2D eigenvalue weighted by molar-refractivity contribution is 5.90. The molecule has 0 amide bonds. The van der Waals surface area contributed by atoms with Gasteiger partial charge in [0.2, 0.25) is 0 Å². The van der Waals surface area contributed by atoms with Crippen LogP contribution >= 0.6 is 0 Å². The van der Waals surface area contributed by atoms with Crippen molar-refractivity contribution in [1.82, 2.24) is 0 Å². The summed E-state index contributed by atoms with van der Waals surface area (Å²) in [4.78, 5) is 39.0. The minimum Gasteiger partial charge on any atom is -0.481 e. The molecule has 2 N–H and O–H groups in total. The smallest absolute Gasteiger partial charge is 0.330 e. The molecular formula is C30H38O10. The van der Waals surface area contributed by atoms with Crippen molar-refractivity contribution in [2.24, 2.45) is 45.8 Å². The van der Waals surface area contributed by atoms with Gasteiger partial charge in [0, 0.05) is 11.5 Å². The molecule has 4 heterocycles. The number of aliphatic hydroxyl groups is 1. The van der Waals surface area contributed by atoms with E-state index in [0.29, 0.717) is 18.8 Å². The highest BCUT2D eigenvalue weighted by Crippen LogP contribution is 2.82. The molecule has 10 nitrogen and oxygen atoms in total. The van der Waals surface area contributed by atoms with Crippen LogP contribution in [0.4, 0.5) is 0 Å². The van der Waals surface area contributed by atoms with Gasteiger partial charge in [-0.3, -0.25) is 9.53 Å². The number of carboxylic acid groups (broad SMARTS) is 1. The fourth-order valence-electron chi connectivity index (χ4n) is 10.3. The monoisotopic (exact) mass is 558 g/mol. The zero-order chi connectivity index (χ0) is 28.4. The first-order valence-electron chi connectivity index (χ1n) is 14.6. The Balaban J connectivity index is 1.25. The van der Waals surface area contributed by atoms with Crippen molar-refractivity contribution >= 4 is 18.2 Å². The maximum atomic E-state index is 13.6. The average molecular weight is 559 g/mol. The summed E-state index contributed by atoms with van der Waals surface area (Å²) in [5, 5.41) is 22.5. The van der Waals surface area contributed by atoms with Gasteiger partial charge in [0.05, 0.1) is 12.0 Å². The lowest BCUT2D eigenvalue weighted by molar-refractivity contribution is -0.447. The number of ether oxygens (including phenoxy) is 5. The van der Waals surface area contributed by atoms with Gasteiger partial charge in [-0.1, -0.05) is 44.9 Å². The fourth-order valence-corrected chi connectivity index (χ4v) is 10.3. The number of aliphatic hydroxyl groups excluding tert-OH is 1. The third kappa shape index (κ3) is 2.85. The first-order chi connectivity index (χ1) is 19.0. The van der Waals surface area contributed by atoms with Gasteiger partial charge in [-0.15, -0.1) is 0 Å². The summed E-state index contributed by atoms with van der Waals surface area (Å²) in [6, 6.07) is 0. The molecule has 0 aromatic rings. The van der Waals surface area contributed by atoms with E-state index < -0.39 is 64.9 Å². The number of esters is 1. The van der Waals surface area contributed by atoms with E-state index in [2.05, 4.69) is 13.0 Å². The molecule has 7 fully saturated rings. The summed E-state index contributed by atoms with van der Waals surface area (Å²) < 4.78 is 29.8. The Morgan fingerprint density at radius 3 is 2.65 bits per heavy atom. The van der Waals surface area contributed by atoms with E-state index in [4.69, 9.17) is 23.7 Å². The number of aliphatic carboxylic acids is 1. The van der Waals surface area contributed by atoms with Crippen LogP contribution in [0.2, 0.25) is 0 Å². The molecule has 3 saturated carbocycles. The molecule has 13 unspecified atom stereocenters. The van der Waals surface area contributed by atoms with E-state index in [-0.39, 0.29) is 30.3 Å². The van der Waals surface area contributed by atoms with Crippen molar-refractivity contribution < 1.29 is 48.3 Å². The summed E-state index contributed by atoms with van der Waals surface area (Å²) in [6.07, 6.45) is 3.89. The molecular weight excluding hydrogens is 520 g/mol. The van der Waals surface area contributed by atoms with Gasteiger partial charge >= 0.3 is 17.9 Å². The standard InChI is InChI=1S/C30H38O10/c1-5-6-20(32)37-21-22-24(33)30(39-23(21)25(38-22)40-30)36-13-28-11-17-15(4)7-8-18(17)27(12-31)10-16(28)9-19(14(2)3)29(27,28)26(34)35/h5-6,9,12,14-18,21-25,33H,7-8,10-11,13H2,1-4H3,(H,34,35). The van der Waals surface area contributed by atoms with Gasteiger partial charge in [0.25, 0.3) is 0 Å². The average Bonchev–Trinajstić information content (AvgIpc) is 3.63. The van der Waals surface area contributed by atoms with E-state index in [1.54, 1.807) is 13.0 Å². The summed E-state index contributed by atoms with van der Waals surface area (Å²) in [5.74, 6) is -3.09. The van der Waals surface area contributed by atoms with Gasteiger partial charge in [0.1, 0.15) is 17.8 Å². The van der Waals surface area contributed by atoms with Crippen LogP contribution in [0.1, 0.15) is 53.4 Å². The summed E-state index contributed by atoms with van der Waals surface area (Å²) in [6.45, 7) is 7.82. The molecule has 0 aromatic carbocycles. The number of carboxylic acids is 1. The number of allylic oxidation sites excluding steroid dienone is 2.